The predicted molar refractivity (Wildman–Crippen MR) is 93.5 cm³/mol. The molecule has 0 radical (unpaired) electrons. The first-order valence-corrected chi connectivity index (χ1v) is 7.31. The molecule has 0 saturated heterocycles. The Balaban J connectivity index is 1.68. The molecule has 0 fully saturated rings. The zero-order chi connectivity index (χ0) is 15.6. The van der Waals surface area contributed by atoms with E-state index in [1.807, 2.05) is 54.6 Å². The molecule has 2 aromatic carbocycles. The lowest BCUT2D eigenvalue weighted by atomic mass is 10.2. The van der Waals surface area contributed by atoms with Crippen LogP contribution in [0.3, 0.4) is 0 Å². The second-order valence-corrected chi connectivity index (χ2v) is 5.30. The van der Waals surface area contributed by atoms with Crippen molar-refractivity contribution < 1.29 is 0 Å². The van der Waals surface area contributed by atoms with Crippen molar-refractivity contribution in [3.8, 4) is 11.4 Å². The van der Waals surface area contributed by atoms with Gasteiger partial charge in [0.15, 0.2) is 0 Å². The van der Waals surface area contributed by atoms with Gasteiger partial charge in [0.05, 0.1) is 11.0 Å². The van der Waals surface area contributed by atoms with Crippen molar-refractivity contribution in [1.29, 1.82) is 0 Å². The van der Waals surface area contributed by atoms with Gasteiger partial charge < -0.3 is 16.0 Å². The van der Waals surface area contributed by atoms with Gasteiger partial charge in [-0.05, 0) is 54.6 Å². The quantitative estimate of drug-likeness (QED) is 0.501. The Morgan fingerprint density at radius 3 is 2.43 bits per heavy atom. The number of hydrogen-bond acceptors (Lipinski definition) is 4. The molecule has 2 heterocycles. The Bertz CT molecular complexity index is 942. The molecular weight excluding hydrogens is 286 g/mol. The number of nitrogens with one attached hydrogen (secondary N) is 2. The van der Waals surface area contributed by atoms with Crippen LogP contribution in [0.15, 0.2) is 67.0 Å². The van der Waals surface area contributed by atoms with Crippen molar-refractivity contribution in [1.82, 2.24) is 15.0 Å². The van der Waals surface area contributed by atoms with Crippen LogP contribution in [0.2, 0.25) is 0 Å². The summed E-state index contributed by atoms with van der Waals surface area (Å²) in [6.07, 6.45) is 3.52. The molecule has 0 aliphatic heterocycles. The number of aromatic nitrogens is 3. The van der Waals surface area contributed by atoms with E-state index in [1.165, 1.54) is 0 Å². The molecule has 0 unspecified atom stereocenters. The fourth-order valence-corrected chi connectivity index (χ4v) is 2.46. The normalized spacial score (nSPS) is 10.8. The van der Waals surface area contributed by atoms with Gasteiger partial charge in [-0.2, -0.15) is 0 Å². The van der Waals surface area contributed by atoms with Gasteiger partial charge >= 0.3 is 0 Å². The number of imidazole rings is 1. The molecule has 112 valence electrons. The monoisotopic (exact) mass is 301 g/mol. The third kappa shape index (κ3) is 2.72. The molecule has 0 aliphatic carbocycles. The standard InChI is InChI=1S/C18H15N5/c19-13-3-1-12(2-4-13)18-22-16-6-5-15(11-17(16)23-18)21-14-7-9-20-10-8-14/h1-11H,19H2,(H,20,21)(H,22,23). The van der Waals surface area contributed by atoms with Crippen LogP contribution in [-0.4, -0.2) is 15.0 Å². The van der Waals surface area contributed by atoms with Gasteiger partial charge in [-0.3, -0.25) is 4.98 Å². The Morgan fingerprint density at radius 1 is 0.870 bits per heavy atom. The number of pyridine rings is 1. The fraction of sp³-hybridized carbons (Fsp3) is 0. The maximum atomic E-state index is 5.73. The molecule has 0 atom stereocenters. The molecule has 5 heteroatoms. The van der Waals surface area contributed by atoms with Crippen molar-refractivity contribution >= 4 is 28.1 Å². The summed E-state index contributed by atoms with van der Waals surface area (Å²) in [5.41, 5.74) is 11.4. The van der Waals surface area contributed by atoms with E-state index >= 15 is 0 Å². The molecule has 0 saturated carbocycles. The number of rotatable bonds is 3. The highest BCUT2D eigenvalue weighted by Crippen LogP contribution is 2.25. The summed E-state index contributed by atoms with van der Waals surface area (Å²) in [6.45, 7) is 0. The first kappa shape index (κ1) is 13.3. The van der Waals surface area contributed by atoms with E-state index in [1.54, 1.807) is 12.4 Å². The predicted octanol–water partition coefficient (Wildman–Crippen LogP) is 3.95. The van der Waals surface area contributed by atoms with E-state index in [9.17, 15) is 0 Å². The van der Waals surface area contributed by atoms with Crippen LogP contribution in [0, 0.1) is 0 Å². The average molecular weight is 301 g/mol. The minimum atomic E-state index is 0.744. The molecule has 4 rings (SSSR count). The van der Waals surface area contributed by atoms with Crippen LogP contribution in [0.1, 0.15) is 0 Å². The number of hydrogen-bond donors (Lipinski definition) is 3. The van der Waals surface area contributed by atoms with Gasteiger partial charge in [-0.25, -0.2) is 4.98 Å². The molecule has 0 amide bonds. The first-order chi connectivity index (χ1) is 11.3. The lowest BCUT2D eigenvalue weighted by molar-refractivity contribution is 1.32. The largest absolute Gasteiger partial charge is 0.399 e. The number of H-pyrrole nitrogens is 1. The van der Waals surface area contributed by atoms with Crippen LogP contribution in [-0.2, 0) is 0 Å². The summed E-state index contributed by atoms with van der Waals surface area (Å²) in [4.78, 5) is 12.0. The molecule has 0 bridgehead atoms. The number of fused-ring (bicyclic) bond motifs is 1. The van der Waals surface area contributed by atoms with Crippen molar-refractivity contribution in [3.63, 3.8) is 0 Å². The number of nitrogens with zero attached hydrogens (tertiary/aromatic N) is 2. The molecule has 4 aromatic rings. The molecular formula is C18H15N5. The van der Waals surface area contributed by atoms with Gasteiger partial charge in [-0.15, -0.1) is 0 Å². The highest BCUT2D eigenvalue weighted by molar-refractivity contribution is 5.83. The summed E-state index contributed by atoms with van der Waals surface area (Å²) < 4.78 is 0. The van der Waals surface area contributed by atoms with Crippen molar-refractivity contribution in [2.75, 3.05) is 11.1 Å². The van der Waals surface area contributed by atoms with E-state index in [2.05, 4.69) is 20.3 Å². The fourth-order valence-electron chi connectivity index (χ4n) is 2.46. The van der Waals surface area contributed by atoms with Crippen LogP contribution in [0.25, 0.3) is 22.4 Å². The number of nitrogens with two attached hydrogens (primary N) is 1. The zero-order valence-corrected chi connectivity index (χ0v) is 12.3. The summed E-state index contributed by atoms with van der Waals surface area (Å²) >= 11 is 0. The Labute approximate surface area is 133 Å². The summed E-state index contributed by atoms with van der Waals surface area (Å²) in [5, 5.41) is 3.34. The lowest BCUT2D eigenvalue weighted by Gasteiger charge is -2.05. The third-order valence-corrected chi connectivity index (χ3v) is 3.64. The third-order valence-electron chi connectivity index (χ3n) is 3.64. The minimum absolute atomic E-state index is 0.744. The topological polar surface area (TPSA) is 79.6 Å². The SMILES string of the molecule is Nc1ccc(-c2nc3cc(Nc4ccncc4)ccc3[nH]2)cc1. The average Bonchev–Trinajstić information content (AvgIpc) is 3.00. The Morgan fingerprint density at radius 2 is 1.65 bits per heavy atom. The van der Waals surface area contributed by atoms with Crippen molar-refractivity contribution in [3.05, 3.63) is 67.0 Å². The van der Waals surface area contributed by atoms with E-state index < -0.39 is 0 Å². The highest BCUT2D eigenvalue weighted by Gasteiger charge is 2.06. The Hall–Kier alpha value is -3.34. The first-order valence-electron chi connectivity index (χ1n) is 7.31. The number of nitrogen functional groups attached to an aromatic ring is 1. The molecule has 23 heavy (non-hydrogen) atoms. The highest BCUT2D eigenvalue weighted by atomic mass is 14.9. The maximum absolute atomic E-state index is 5.73. The van der Waals surface area contributed by atoms with Gasteiger partial charge in [0.1, 0.15) is 5.82 Å². The van der Waals surface area contributed by atoms with Crippen LogP contribution in [0.4, 0.5) is 17.1 Å². The van der Waals surface area contributed by atoms with E-state index in [0.29, 0.717) is 0 Å². The molecule has 4 N–H and O–H groups in total. The summed E-state index contributed by atoms with van der Waals surface area (Å²) in [6, 6.07) is 17.6. The van der Waals surface area contributed by atoms with E-state index in [4.69, 9.17) is 5.73 Å². The summed E-state index contributed by atoms with van der Waals surface area (Å²) in [5.74, 6) is 0.834. The second kappa shape index (κ2) is 5.46. The van der Waals surface area contributed by atoms with E-state index in [-0.39, 0.29) is 0 Å². The van der Waals surface area contributed by atoms with Gasteiger partial charge in [0, 0.05) is 35.0 Å². The number of aromatic amines is 1. The van der Waals surface area contributed by atoms with E-state index in [0.717, 1.165) is 39.5 Å². The Kier molecular flexibility index (Phi) is 3.16. The summed E-state index contributed by atoms with van der Waals surface area (Å²) in [7, 11) is 0. The van der Waals surface area contributed by atoms with Crippen LogP contribution in [0.5, 0.6) is 0 Å². The van der Waals surface area contributed by atoms with Crippen molar-refractivity contribution in [2.45, 2.75) is 0 Å². The molecule has 0 aliphatic rings. The minimum Gasteiger partial charge on any atom is -0.399 e. The maximum Gasteiger partial charge on any atom is 0.138 e. The number of benzene rings is 2. The second-order valence-electron chi connectivity index (χ2n) is 5.30. The van der Waals surface area contributed by atoms with Gasteiger partial charge in [0.25, 0.3) is 0 Å². The molecule has 0 spiro atoms. The van der Waals surface area contributed by atoms with Crippen LogP contribution >= 0.6 is 0 Å². The molecule has 5 nitrogen and oxygen atoms in total. The van der Waals surface area contributed by atoms with Gasteiger partial charge in [0.2, 0.25) is 0 Å². The number of anilines is 3. The van der Waals surface area contributed by atoms with Crippen molar-refractivity contribution in [2.24, 2.45) is 0 Å². The zero-order valence-electron chi connectivity index (χ0n) is 12.3. The lowest BCUT2D eigenvalue weighted by Crippen LogP contribution is -1.89. The van der Waals surface area contributed by atoms with Gasteiger partial charge in [-0.1, -0.05) is 0 Å². The smallest absolute Gasteiger partial charge is 0.138 e. The molecule has 2 aromatic heterocycles. The van der Waals surface area contributed by atoms with Crippen LogP contribution < -0.4 is 11.1 Å².